The molecule has 0 rings (SSSR count). The summed E-state index contributed by atoms with van der Waals surface area (Å²) in [4.78, 5) is 10.3. The van der Waals surface area contributed by atoms with E-state index in [1.54, 1.807) is 0 Å². The Balaban J connectivity index is 0. The van der Waals surface area contributed by atoms with E-state index in [4.69, 9.17) is 21.8 Å². The van der Waals surface area contributed by atoms with E-state index in [2.05, 4.69) is 6.92 Å². The normalized spacial score (nSPS) is 11.7. The predicted octanol–water partition coefficient (Wildman–Crippen LogP) is 6.90. The second kappa shape index (κ2) is 22.7. The minimum Gasteiger partial charge on any atom is -0.481 e. The van der Waals surface area contributed by atoms with Gasteiger partial charge in [-0.2, -0.15) is 0 Å². The number of alkyl halides is 1. The van der Waals surface area contributed by atoms with E-state index in [1.807, 2.05) is 6.92 Å². The van der Waals surface area contributed by atoms with Crippen molar-refractivity contribution in [1.82, 2.24) is 0 Å². The lowest BCUT2D eigenvalue weighted by atomic mass is 10.0. The third kappa shape index (κ3) is 29.7. The Hall–Kier alpha value is -0.280. The summed E-state index contributed by atoms with van der Waals surface area (Å²) in [6, 6.07) is 0. The lowest BCUT2D eigenvalue weighted by molar-refractivity contribution is -0.137. The van der Waals surface area contributed by atoms with Crippen molar-refractivity contribution in [1.29, 1.82) is 0 Å². The molecule has 0 spiro atoms. The van der Waals surface area contributed by atoms with E-state index < -0.39 is 11.5 Å². The number of carboxylic acids is 1. The van der Waals surface area contributed by atoms with Gasteiger partial charge in [0.05, 0.1) is 0 Å². The van der Waals surface area contributed by atoms with Crippen LogP contribution in [0, 0.1) is 0 Å². The molecule has 0 aromatic rings. The summed E-state index contributed by atoms with van der Waals surface area (Å²) in [7, 11) is 0. The van der Waals surface area contributed by atoms with E-state index in [0.717, 1.165) is 19.3 Å². The Morgan fingerprint density at radius 2 is 1.12 bits per heavy atom. The Labute approximate surface area is 155 Å². The number of hydrogen-bond donors (Lipinski definition) is 2. The highest BCUT2D eigenvalue weighted by molar-refractivity contribution is 6.19. The van der Waals surface area contributed by atoms with Gasteiger partial charge in [-0.3, -0.25) is 4.79 Å². The molecule has 0 radical (unpaired) electrons. The first-order chi connectivity index (χ1) is 11.5. The molecule has 24 heavy (non-hydrogen) atoms. The molecule has 0 aromatic carbocycles. The number of aliphatic carboxylic acids is 1. The van der Waals surface area contributed by atoms with Gasteiger partial charge in [-0.15, -0.1) is 0 Å². The molecule has 0 aliphatic rings. The second-order valence-electron chi connectivity index (χ2n) is 6.61. The molecule has 0 bridgehead atoms. The van der Waals surface area contributed by atoms with Crippen LogP contribution in [0.25, 0.3) is 0 Å². The molecule has 4 heteroatoms. The number of aliphatic hydroxyl groups excluding tert-OH is 1. The van der Waals surface area contributed by atoms with Gasteiger partial charge < -0.3 is 10.2 Å². The highest BCUT2D eigenvalue weighted by Gasteiger charge is 1.96. The fourth-order valence-electron chi connectivity index (χ4n) is 2.53. The van der Waals surface area contributed by atoms with Crippen molar-refractivity contribution in [3.05, 3.63) is 0 Å². The van der Waals surface area contributed by atoms with Crippen molar-refractivity contribution in [2.75, 3.05) is 0 Å². The Morgan fingerprint density at radius 1 is 0.750 bits per heavy atom. The second-order valence-corrected chi connectivity index (χ2v) is 7.11. The first kappa shape index (κ1) is 26.0. The third-order valence-corrected chi connectivity index (χ3v) is 4.24. The van der Waals surface area contributed by atoms with Gasteiger partial charge in [-0.1, -0.05) is 109 Å². The van der Waals surface area contributed by atoms with Crippen LogP contribution < -0.4 is 0 Å². The van der Waals surface area contributed by atoms with Crippen LogP contribution in [0.15, 0.2) is 0 Å². The van der Waals surface area contributed by atoms with Gasteiger partial charge in [0, 0.05) is 6.42 Å². The van der Waals surface area contributed by atoms with Gasteiger partial charge in [0.1, 0.15) is 5.56 Å². The zero-order valence-electron chi connectivity index (χ0n) is 16.1. The maximum atomic E-state index is 10.3. The SMILES string of the molecule is CCCC(O)Cl.CCCCCCCCCCCCCCCC(=O)O. The molecule has 0 amide bonds. The van der Waals surface area contributed by atoms with Gasteiger partial charge in [0.15, 0.2) is 0 Å². The quantitative estimate of drug-likeness (QED) is 0.231. The van der Waals surface area contributed by atoms with Crippen LogP contribution in [0.5, 0.6) is 0 Å². The summed E-state index contributed by atoms with van der Waals surface area (Å²) >= 11 is 5.13. The van der Waals surface area contributed by atoms with Crippen molar-refractivity contribution in [2.24, 2.45) is 0 Å². The minimum absolute atomic E-state index is 0.345. The fourth-order valence-corrected chi connectivity index (χ4v) is 2.75. The number of hydrogen-bond acceptors (Lipinski definition) is 2. The molecule has 0 aliphatic carbocycles. The first-order valence-electron chi connectivity index (χ1n) is 10.1. The molecule has 0 saturated heterocycles. The van der Waals surface area contributed by atoms with Crippen molar-refractivity contribution < 1.29 is 15.0 Å². The van der Waals surface area contributed by atoms with Crippen LogP contribution in [0.3, 0.4) is 0 Å². The average Bonchev–Trinajstić information content (AvgIpc) is 2.52. The number of halogens is 1. The highest BCUT2D eigenvalue weighted by atomic mass is 35.5. The average molecular weight is 365 g/mol. The number of unbranched alkanes of at least 4 members (excludes halogenated alkanes) is 12. The molecule has 0 saturated carbocycles. The fraction of sp³-hybridized carbons (Fsp3) is 0.950. The van der Waals surface area contributed by atoms with Gasteiger partial charge in [0.2, 0.25) is 0 Å². The van der Waals surface area contributed by atoms with Gasteiger partial charge in [-0.25, -0.2) is 0 Å². The molecule has 1 atom stereocenters. The zero-order chi connectivity index (χ0) is 18.5. The molecule has 3 nitrogen and oxygen atoms in total. The molecule has 0 fully saturated rings. The highest BCUT2D eigenvalue weighted by Crippen LogP contribution is 2.12. The summed E-state index contributed by atoms with van der Waals surface area (Å²) in [5.41, 5.74) is -0.630. The van der Waals surface area contributed by atoms with Crippen molar-refractivity contribution in [3.63, 3.8) is 0 Å². The molecule has 2 N–H and O–H groups in total. The number of aliphatic hydroxyl groups is 1. The van der Waals surface area contributed by atoms with Crippen LogP contribution in [0.2, 0.25) is 0 Å². The van der Waals surface area contributed by atoms with Crippen LogP contribution in [0.4, 0.5) is 0 Å². The Bertz CT molecular complexity index is 245. The van der Waals surface area contributed by atoms with Gasteiger partial charge in [-0.05, 0) is 12.8 Å². The third-order valence-electron chi connectivity index (χ3n) is 4.02. The monoisotopic (exact) mass is 364 g/mol. The maximum absolute atomic E-state index is 10.3. The predicted molar refractivity (Wildman–Crippen MR) is 105 cm³/mol. The summed E-state index contributed by atoms with van der Waals surface area (Å²) in [6.45, 7) is 4.24. The molecule has 0 aliphatic heterocycles. The lowest BCUT2D eigenvalue weighted by Gasteiger charge is -2.02. The van der Waals surface area contributed by atoms with E-state index in [9.17, 15) is 4.79 Å². The lowest BCUT2D eigenvalue weighted by Crippen LogP contribution is -1.93. The smallest absolute Gasteiger partial charge is 0.303 e. The van der Waals surface area contributed by atoms with Crippen molar-refractivity contribution in [3.8, 4) is 0 Å². The Morgan fingerprint density at radius 3 is 1.38 bits per heavy atom. The molecule has 0 heterocycles. The first-order valence-corrected chi connectivity index (χ1v) is 10.5. The van der Waals surface area contributed by atoms with E-state index in [1.165, 1.54) is 70.6 Å². The number of rotatable bonds is 16. The molecule has 1 unspecified atom stereocenters. The van der Waals surface area contributed by atoms with E-state index in [-0.39, 0.29) is 0 Å². The molecular weight excluding hydrogens is 324 g/mol. The largest absolute Gasteiger partial charge is 0.481 e. The van der Waals surface area contributed by atoms with Crippen molar-refractivity contribution in [2.45, 2.75) is 122 Å². The maximum Gasteiger partial charge on any atom is 0.303 e. The Kier molecular flexibility index (Phi) is 24.6. The number of carbonyl (C=O) groups is 1. The van der Waals surface area contributed by atoms with Crippen LogP contribution in [0.1, 0.15) is 117 Å². The van der Waals surface area contributed by atoms with E-state index in [0.29, 0.717) is 12.8 Å². The van der Waals surface area contributed by atoms with Gasteiger partial charge >= 0.3 is 5.97 Å². The van der Waals surface area contributed by atoms with Gasteiger partial charge in [0.25, 0.3) is 0 Å². The zero-order valence-corrected chi connectivity index (χ0v) is 16.8. The standard InChI is InChI=1S/C16H32O2.C4H9ClO/c1-2-3-4-5-6-7-8-9-10-11-12-13-14-15-16(17)18;1-2-3-4(5)6/h2-15H2,1H3,(H,17,18);4,6H,2-3H2,1H3. The van der Waals surface area contributed by atoms with Crippen molar-refractivity contribution >= 4 is 17.6 Å². The van der Waals surface area contributed by atoms with Crippen LogP contribution in [-0.4, -0.2) is 21.7 Å². The number of carboxylic acid groups (broad SMARTS) is 1. The minimum atomic E-state index is -0.655. The van der Waals surface area contributed by atoms with Crippen LogP contribution in [-0.2, 0) is 4.79 Å². The summed E-state index contributed by atoms with van der Waals surface area (Å²) in [5.74, 6) is -0.655. The summed E-state index contributed by atoms with van der Waals surface area (Å²) in [6.07, 6.45) is 18.9. The molecule has 146 valence electrons. The summed E-state index contributed by atoms with van der Waals surface area (Å²) < 4.78 is 0. The molecular formula is C20H41ClO3. The molecule has 0 aromatic heterocycles. The topological polar surface area (TPSA) is 57.5 Å². The van der Waals surface area contributed by atoms with Crippen LogP contribution >= 0.6 is 11.6 Å². The summed E-state index contributed by atoms with van der Waals surface area (Å²) in [5, 5.41) is 16.8. The van der Waals surface area contributed by atoms with E-state index >= 15 is 0 Å².